The van der Waals surface area contributed by atoms with E-state index in [0.29, 0.717) is 5.41 Å². The molecule has 0 heteroatoms. The van der Waals surface area contributed by atoms with Crippen LogP contribution in [0.5, 0.6) is 0 Å². The molecule has 0 aliphatic heterocycles. The number of rotatable bonds is 1. The van der Waals surface area contributed by atoms with Gasteiger partial charge in [-0.15, -0.1) is 0 Å². The molecule has 0 spiro atoms. The van der Waals surface area contributed by atoms with Gasteiger partial charge in [-0.1, -0.05) is 66.2 Å². The molecule has 0 atom stereocenters. The van der Waals surface area contributed by atoms with Crippen molar-refractivity contribution in [1.29, 1.82) is 0 Å². The Balaban J connectivity index is 0.000000671. The molecule has 0 unspecified atom stereocenters. The largest absolute Gasteiger partial charge is 0.0683 e. The van der Waals surface area contributed by atoms with Crippen molar-refractivity contribution in [3.05, 3.63) is 0 Å². The second kappa shape index (κ2) is 7.41. The molecule has 0 nitrogen and oxygen atoms in total. The van der Waals surface area contributed by atoms with Crippen LogP contribution in [0.2, 0.25) is 0 Å². The molecule has 0 heterocycles. The van der Waals surface area contributed by atoms with Crippen LogP contribution in [0.3, 0.4) is 0 Å². The Morgan fingerprint density at radius 1 is 0.846 bits per heavy atom. The van der Waals surface area contributed by atoms with Crippen LogP contribution in [0, 0.1) is 5.41 Å². The second-order valence-corrected chi connectivity index (χ2v) is 4.43. The zero-order chi connectivity index (χ0) is 10.2. The maximum atomic E-state index is 2.47. The molecule has 0 aromatic carbocycles. The average molecular weight is 184 g/mol. The Bertz CT molecular complexity index is 96.6. The fraction of sp³-hybridized carbons (Fsp3) is 1.00. The molecule has 0 saturated heterocycles. The van der Waals surface area contributed by atoms with E-state index in [-0.39, 0.29) is 0 Å². The molecule has 0 aromatic heterocycles. The summed E-state index contributed by atoms with van der Waals surface area (Å²) in [4.78, 5) is 0. The van der Waals surface area contributed by atoms with Crippen LogP contribution in [0.1, 0.15) is 79.1 Å². The fourth-order valence-corrected chi connectivity index (χ4v) is 2.11. The molecule has 1 fully saturated rings. The van der Waals surface area contributed by atoms with Crippen LogP contribution in [-0.2, 0) is 0 Å². The standard InChI is InChI=1S/C11H22.C2H6/c1-3-11(2)9-7-5-4-6-8-10-11;1-2/h3-10H2,1-2H3;1-2H3. The van der Waals surface area contributed by atoms with E-state index in [2.05, 4.69) is 13.8 Å². The molecule has 0 aromatic rings. The fourth-order valence-electron chi connectivity index (χ4n) is 2.11. The van der Waals surface area contributed by atoms with E-state index in [1.54, 1.807) is 0 Å². The van der Waals surface area contributed by atoms with Gasteiger partial charge in [-0.05, 0) is 18.3 Å². The van der Waals surface area contributed by atoms with Crippen molar-refractivity contribution >= 4 is 0 Å². The lowest BCUT2D eigenvalue weighted by molar-refractivity contribution is 0.228. The molecule has 1 saturated carbocycles. The highest BCUT2D eigenvalue weighted by atomic mass is 14.3. The van der Waals surface area contributed by atoms with E-state index < -0.39 is 0 Å². The summed E-state index contributed by atoms with van der Waals surface area (Å²) in [6.45, 7) is 8.82. The van der Waals surface area contributed by atoms with Crippen LogP contribution >= 0.6 is 0 Å². The Hall–Kier alpha value is 0. The van der Waals surface area contributed by atoms with Gasteiger partial charge in [0.15, 0.2) is 0 Å². The van der Waals surface area contributed by atoms with Crippen LogP contribution in [0.15, 0.2) is 0 Å². The van der Waals surface area contributed by atoms with Crippen molar-refractivity contribution in [1.82, 2.24) is 0 Å². The van der Waals surface area contributed by atoms with E-state index in [1.165, 1.54) is 51.4 Å². The quantitative estimate of drug-likeness (QED) is 0.527. The van der Waals surface area contributed by atoms with Crippen LogP contribution < -0.4 is 0 Å². The molecule has 1 aliphatic carbocycles. The average Bonchev–Trinajstić information content (AvgIpc) is 2.15. The third-order valence-corrected chi connectivity index (χ3v) is 3.41. The van der Waals surface area contributed by atoms with E-state index in [4.69, 9.17) is 0 Å². The molecule has 0 amide bonds. The minimum absolute atomic E-state index is 0.695. The lowest BCUT2D eigenvalue weighted by Crippen LogP contribution is -2.16. The highest BCUT2D eigenvalue weighted by Gasteiger charge is 2.21. The van der Waals surface area contributed by atoms with E-state index in [0.717, 1.165) is 0 Å². The van der Waals surface area contributed by atoms with E-state index in [9.17, 15) is 0 Å². The van der Waals surface area contributed by atoms with E-state index >= 15 is 0 Å². The molecule has 80 valence electrons. The van der Waals surface area contributed by atoms with Crippen molar-refractivity contribution in [2.75, 3.05) is 0 Å². The Morgan fingerprint density at radius 2 is 1.23 bits per heavy atom. The van der Waals surface area contributed by atoms with Crippen LogP contribution in [0.25, 0.3) is 0 Å². The summed E-state index contributed by atoms with van der Waals surface area (Å²) in [6, 6.07) is 0. The first-order valence-electron chi connectivity index (χ1n) is 6.27. The zero-order valence-corrected chi connectivity index (χ0v) is 10.2. The molecule has 1 rings (SSSR count). The van der Waals surface area contributed by atoms with Crippen molar-refractivity contribution in [2.45, 2.75) is 79.1 Å². The van der Waals surface area contributed by atoms with Gasteiger partial charge in [0, 0.05) is 0 Å². The Morgan fingerprint density at radius 3 is 1.62 bits per heavy atom. The van der Waals surface area contributed by atoms with E-state index in [1.807, 2.05) is 13.8 Å². The SMILES string of the molecule is CC.CCC1(C)CCCCCCC1. The van der Waals surface area contributed by atoms with Crippen LogP contribution in [-0.4, -0.2) is 0 Å². The second-order valence-electron chi connectivity index (χ2n) is 4.43. The maximum Gasteiger partial charge on any atom is -0.0328 e. The summed E-state index contributed by atoms with van der Waals surface area (Å²) in [7, 11) is 0. The first-order chi connectivity index (χ1) is 6.27. The minimum Gasteiger partial charge on any atom is -0.0683 e. The van der Waals surface area contributed by atoms with Gasteiger partial charge >= 0.3 is 0 Å². The van der Waals surface area contributed by atoms with Gasteiger partial charge in [-0.25, -0.2) is 0 Å². The summed E-state index contributed by atoms with van der Waals surface area (Å²) in [5.74, 6) is 0. The van der Waals surface area contributed by atoms with Gasteiger partial charge in [-0.2, -0.15) is 0 Å². The van der Waals surface area contributed by atoms with Gasteiger partial charge in [0.2, 0.25) is 0 Å². The molecular formula is C13H28. The summed E-state index contributed by atoms with van der Waals surface area (Å²) in [5, 5.41) is 0. The van der Waals surface area contributed by atoms with Crippen molar-refractivity contribution in [3.63, 3.8) is 0 Å². The monoisotopic (exact) mass is 184 g/mol. The third kappa shape index (κ3) is 5.33. The molecule has 1 aliphatic rings. The van der Waals surface area contributed by atoms with Crippen molar-refractivity contribution in [2.24, 2.45) is 5.41 Å². The highest BCUT2D eigenvalue weighted by molar-refractivity contribution is 4.74. The molecule has 13 heavy (non-hydrogen) atoms. The first kappa shape index (κ1) is 13.0. The lowest BCUT2D eigenvalue weighted by Gasteiger charge is -2.30. The van der Waals surface area contributed by atoms with Crippen molar-refractivity contribution < 1.29 is 0 Å². The Labute approximate surface area is 85.1 Å². The van der Waals surface area contributed by atoms with Crippen molar-refractivity contribution in [3.8, 4) is 0 Å². The predicted molar refractivity (Wildman–Crippen MR) is 62.1 cm³/mol. The summed E-state index contributed by atoms with van der Waals surface area (Å²) >= 11 is 0. The van der Waals surface area contributed by atoms with Gasteiger partial charge in [0.25, 0.3) is 0 Å². The molecule has 0 bridgehead atoms. The summed E-state index contributed by atoms with van der Waals surface area (Å²) in [5.41, 5.74) is 0.695. The predicted octanol–water partition coefficient (Wildman–Crippen LogP) is 5.17. The topological polar surface area (TPSA) is 0 Å². The summed E-state index contributed by atoms with van der Waals surface area (Å²) in [6.07, 6.45) is 11.7. The maximum absolute atomic E-state index is 2.47. The molecule has 0 radical (unpaired) electrons. The van der Waals surface area contributed by atoms with Gasteiger partial charge in [-0.3, -0.25) is 0 Å². The molecule has 0 N–H and O–H groups in total. The highest BCUT2D eigenvalue weighted by Crippen LogP contribution is 2.36. The smallest absolute Gasteiger partial charge is 0.0328 e. The normalized spacial score (nSPS) is 22.2. The van der Waals surface area contributed by atoms with Crippen LogP contribution in [0.4, 0.5) is 0 Å². The third-order valence-electron chi connectivity index (χ3n) is 3.41. The van der Waals surface area contributed by atoms with Gasteiger partial charge < -0.3 is 0 Å². The lowest BCUT2D eigenvalue weighted by atomic mass is 9.76. The summed E-state index contributed by atoms with van der Waals surface area (Å²) < 4.78 is 0. The zero-order valence-electron chi connectivity index (χ0n) is 10.2. The van der Waals surface area contributed by atoms with Gasteiger partial charge in [0.1, 0.15) is 0 Å². The number of hydrogen-bond donors (Lipinski definition) is 0. The van der Waals surface area contributed by atoms with Gasteiger partial charge in [0.05, 0.1) is 0 Å². The Kier molecular flexibility index (Phi) is 7.41. The number of hydrogen-bond acceptors (Lipinski definition) is 0. The first-order valence-corrected chi connectivity index (χ1v) is 6.27. The molecular weight excluding hydrogens is 156 g/mol. The minimum atomic E-state index is 0.695.